The third kappa shape index (κ3) is 4.29. The number of imide groups is 1. The Balaban J connectivity index is 1.28. The molecular weight excluding hydrogens is 376 g/mol. The highest BCUT2D eigenvalue weighted by atomic mass is 16.7. The first-order chi connectivity index (χ1) is 14.1. The average Bonchev–Trinajstić information content (AvgIpc) is 3.31. The number of fused-ring (bicyclic) bond motifs is 1. The van der Waals surface area contributed by atoms with Gasteiger partial charge in [-0.2, -0.15) is 0 Å². The fourth-order valence-corrected chi connectivity index (χ4v) is 3.20. The third-order valence-electron chi connectivity index (χ3n) is 4.74. The number of carbonyl (C=O) groups is 3. The van der Waals surface area contributed by atoms with Crippen LogP contribution in [0.25, 0.3) is 0 Å². The summed E-state index contributed by atoms with van der Waals surface area (Å²) in [5.41, 5.74) is 1.51. The Labute approximate surface area is 167 Å². The molecule has 29 heavy (non-hydrogen) atoms. The minimum Gasteiger partial charge on any atom is -0.454 e. The molecule has 1 aromatic heterocycles. The predicted octanol–water partition coefficient (Wildman–Crippen LogP) is 1.33. The number of carbonyl (C=O) groups excluding carboxylic acids is 3. The van der Waals surface area contributed by atoms with Crippen LogP contribution in [-0.2, 0) is 22.7 Å². The summed E-state index contributed by atoms with van der Waals surface area (Å²) in [7, 11) is 0. The predicted molar refractivity (Wildman–Crippen MR) is 101 cm³/mol. The number of pyridine rings is 1. The zero-order valence-corrected chi connectivity index (χ0v) is 15.6. The van der Waals surface area contributed by atoms with Crippen LogP contribution in [0, 0.1) is 0 Å². The van der Waals surface area contributed by atoms with Crippen LogP contribution in [0.5, 0.6) is 11.5 Å². The molecule has 3 heterocycles. The summed E-state index contributed by atoms with van der Waals surface area (Å²) in [6.07, 6.45) is 2.01. The Morgan fingerprint density at radius 3 is 2.90 bits per heavy atom. The second kappa shape index (κ2) is 8.17. The zero-order valence-electron chi connectivity index (χ0n) is 15.6. The Morgan fingerprint density at radius 1 is 1.21 bits per heavy atom. The van der Waals surface area contributed by atoms with Crippen LogP contribution in [0.4, 0.5) is 4.79 Å². The SMILES string of the molecule is O=C(CC[C@H]1NC(=O)N(Cc2ccc3c(c2)OCO3)C1=O)NCc1ccccn1. The van der Waals surface area contributed by atoms with Gasteiger partial charge in [-0.25, -0.2) is 4.79 Å². The second-order valence-electron chi connectivity index (χ2n) is 6.75. The van der Waals surface area contributed by atoms with E-state index in [1.807, 2.05) is 12.1 Å². The van der Waals surface area contributed by atoms with Crippen LogP contribution in [0.2, 0.25) is 0 Å². The number of hydrogen-bond donors (Lipinski definition) is 2. The molecule has 4 amide bonds. The van der Waals surface area contributed by atoms with Gasteiger partial charge in [-0.1, -0.05) is 12.1 Å². The maximum Gasteiger partial charge on any atom is 0.325 e. The highest BCUT2D eigenvalue weighted by Crippen LogP contribution is 2.33. The van der Waals surface area contributed by atoms with Crippen molar-refractivity contribution in [3.8, 4) is 11.5 Å². The van der Waals surface area contributed by atoms with E-state index in [-0.39, 0.29) is 38.0 Å². The summed E-state index contributed by atoms with van der Waals surface area (Å²) in [6, 6.07) is 9.57. The van der Waals surface area contributed by atoms with Gasteiger partial charge in [0.15, 0.2) is 11.5 Å². The molecule has 2 aliphatic rings. The van der Waals surface area contributed by atoms with Gasteiger partial charge in [0, 0.05) is 12.6 Å². The molecule has 0 unspecified atom stereocenters. The fraction of sp³-hybridized carbons (Fsp3) is 0.300. The Bertz CT molecular complexity index is 934. The molecule has 0 bridgehead atoms. The van der Waals surface area contributed by atoms with E-state index in [0.29, 0.717) is 18.0 Å². The van der Waals surface area contributed by atoms with Crippen LogP contribution in [0.3, 0.4) is 0 Å². The van der Waals surface area contributed by atoms with Crippen molar-refractivity contribution in [2.45, 2.75) is 32.0 Å². The van der Waals surface area contributed by atoms with Crippen molar-refractivity contribution in [2.24, 2.45) is 0 Å². The first-order valence-electron chi connectivity index (χ1n) is 9.27. The van der Waals surface area contributed by atoms with Crippen LogP contribution in [-0.4, -0.2) is 40.6 Å². The van der Waals surface area contributed by atoms with E-state index in [9.17, 15) is 14.4 Å². The van der Waals surface area contributed by atoms with Crippen molar-refractivity contribution >= 4 is 17.8 Å². The molecule has 0 saturated carbocycles. The number of nitrogens with one attached hydrogen (secondary N) is 2. The summed E-state index contributed by atoms with van der Waals surface area (Å²) in [5.74, 6) is 0.688. The number of urea groups is 1. The number of aromatic nitrogens is 1. The van der Waals surface area contributed by atoms with Gasteiger partial charge in [0.05, 0.1) is 18.8 Å². The highest BCUT2D eigenvalue weighted by molar-refractivity contribution is 6.04. The standard InChI is InChI=1S/C20H20N4O5/c25-18(22-10-14-3-1-2-8-21-14)7-5-15-19(26)24(20(27)23-15)11-13-4-6-16-17(9-13)29-12-28-16/h1-4,6,8-9,15H,5,7,10-12H2,(H,22,25)(H,23,27)/t15-/m1/s1. The normalized spacial score (nSPS) is 17.4. The Kier molecular flexibility index (Phi) is 5.28. The van der Waals surface area contributed by atoms with Crippen LogP contribution >= 0.6 is 0 Å². The molecule has 2 N–H and O–H groups in total. The van der Waals surface area contributed by atoms with E-state index in [2.05, 4.69) is 15.6 Å². The monoisotopic (exact) mass is 396 g/mol. The number of benzene rings is 1. The molecule has 1 fully saturated rings. The smallest absolute Gasteiger partial charge is 0.325 e. The largest absolute Gasteiger partial charge is 0.454 e. The number of amides is 4. The number of nitrogens with zero attached hydrogens (tertiary/aromatic N) is 2. The molecule has 0 spiro atoms. The van der Waals surface area contributed by atoms with E-state index < -0.39 is 12.1 Å². The maximum atomic E-state index is 12.6. The van der Waals surface area contributed by atoms with Crippen molar-refractivity contribution < 1.29 is 23.9 Å². The lowest BCUT2D eigenvalue weighted by molar-refractivity contribution is -0.128. The first-order valence-corrected chi connectivity index (χ1v) is 9.27. The van der Waals surface area contributed by atoms with Crippen LogP contribution in [0.1, 0.15) is 24.1 Å². The molecule has 2 aromatic rings. The van der Waals surface area contributed by atoms with Gasteiger partial charge in [-0.05, 0) is 36.2 Å². The molecule has 9 nitrogen and oxygen atoms in total. The van der Waals surface area contributed by atoms with Crippen molar-refractivity contribution in [2.75, 3.05) is 6.79 Å². The van der Waals surface area contributed by atoms with E-state index in [1.54, 1.807) is 30.5 Å². The minimum atomic E-state index is -0.711. The lowest BCUT2D eigenvalue weighted by Crippen LogP contribution is -2.32. The number of rotatable bonds is 7. The third-order valence-corrected chi connectivity index (χ3v) is 4.74. The second-order valence-corrected chi connectivity index (χ2v) is 6.75. The lowest BCUT2D eigenvalue weighted by atomic mass is 10.1. The average molecular weight is 396 g/mol. The highest BCUT2D eigenvalue weighted by Gasteiger charge is 2.38. The van der Waals surface area contributed by atoms with Crippen molar-refractivity contribution in [3.05, 3.63) is 53.9 Å². The van der Waals surface area contributed by atoms with E-state index >= 15 is 0 Å². The first kappa shape index (κ1) is 18.7. The fourth-order valence-electron chi connectivity index (χ4n) is 3.20. The van der Waals surface area contributed by atoms with E-state index in [1.165, 1.54) is 0 Å². The van der Waals surface area contributed by atoms with E-state index in [0.717, 1.165) is 16.2 Å². The van der Waals surface area contributed by atoms with Gasteiger partial charge in [0.2, 0.25) is 12.7 Å². The minimum absolute atomic E-state index is 0.126. The van der Waals surface area contributed by atoms with Crippen molar-refractivity contribution in [1.82, 2.24) is 20.5 Å². The summed E-state index contributed by atoms with van der Waals surface area (Å²) in [4.78, 5) is 42.1. The van der Waals surface area contributed by atoms with Gasteiger partial charge in [0.25, 0.3) is 5.91 Å². The molecule has 150 valence electrons. The summed E-state index contributed by atoms with van der Waals surface area (Å²) in [5, 5.41) is 5.40. The molecule has 9 heteroatoms. The zero-order chi connectivity index (χ0) is 20.2. The summed E-state index contributed by atoms with van der Waals surface area (Å²) in [6.45, 7) is 0.608. The molecule has 1 saturated heterocycles. The molecule has 1 aromatic carbocycles. The van der Waals surface area contributed by atoms with Crippen LogP contribution < -0.4 is 20.1 Å². The Morgan fingerprint density at radius 2 is 2.07 bits per heavy atom. The van der Waals surface area contributed by atoms with E-state index in [4.69, 9.17) is 9.47 Å². The van der Waals surface area contributed by atoms with Gasteiger partial charge in [-0.15, -0.1) is 0 Å². The van der Waals surface area contributed by atoms with Crippen LogP contribution in [0.15, 0.2) is 42.6 Å². The van der Waals surface area contributed by atoms with Crippen molar-refractivity contribution in [1.29, 1.82) is 0 Å². The molecular formula is C20H20N4O5. The topological polar surface area (TPSA) is 110 Å². The van der Waals surface area contributed by atoms with Gasteiger partial charge < -0.3 is 20.1 Å². The maximum absolute atomic E-state index is 12.6. The number of ether oxygens (including phenoxy) is 2. The van der Waals surface area contributed by atoms with Crippen molar-refractivity contribution in [3.63, 3.8) is 0 Å². The lowest BCUT2D eigenvalue weighted by Gasteiger charge is -2.13. The molecule has 1 atom stereocenters. The molecule has 2 aliphatic heterocycles. The summed E-state index contributed by atoms with van der Waals surface area (Å²) >= 11 is 0. The molecule has 0 radical (unpaired) electrons. The van der Waals surface area contributed by atoms with Gasteiger partial charge in [0.1, 0.15) is 6.04 Å². The molecule has 4 rings (SSSR count). The molecule has 0 aliphatic carbocycles. The summed E-state index contributed by atoms with van der Waals surface area (Å²) < 4.78 is 10.6. The quantitative estimate of drug-likeness (QED) is 0.684. The Hall–Kier alpha value is -3.62. The number of hydrogen-bond acceptors (Lipinski definition) is 6. The van der Waals surface area contributed by atoms with Gasteiger partial charge in [-0.3, -0.25) is 19.5 Å². The van der Waals surface area contributed by atoms with Gasteiger partial charge >= 0.3 is 6.03 Å².